The highest BCUT2D eigenvalue weighted by atomic mass is 32.2. The van der Waals surface area contributed by atoms with Crippen molar-refractivity contribution in [3.63, 3.8) is 0 Å². The highest BCUT2D eigenvalue weighted by Crippen LogP contribution is 2.25. The first kappa shape index (κ1) is 14.6. The molecule has 1 heterocycles. The number of carbonyl (C=O) groups is 1. The number of benzene rings is 1. The van der Waals surface area contributed by atoms with Crippen molar-refractivity contribution < 1.29 is 17.9 Å². The number of amides is 1. The molecule has 7 heteroatoms. The number of nitrogen functional groups attached to an aromatic ring is 1. The molecule has 6 nitrogen and oxygen atoms in total. The summed E-state index contributed by atoms with van der Waals surface area (Å²) in [6.45, 7) is 1.73. The monoisotopic (exact) mass is 298 g/mol. The summed E-state index contributed by atoms with van der Waals surface area (Å²) < 4.78 is 28.1. The molecular weight excluding hydrogens is 280 g/mol. The molecule has 0 spiro atoms. The van der Waals surface area contributed by atoms with E-state index in [1.165, 1.54) is 7.11 Å². The van der Waals surface area contributed by atoms with E-state index < -0.39 is 15.4 Å². The molecule has 0 aliphatic carbocycles. The minimum absolute atomic E-state index is 0.0399. The minimum atomic E-state index is -3.07. The van der Waals surface area contributed by atoms with E-state index in [1.54, 1.807) is 25.1 Å². The average Bonchev–Trinajstić information content (AvgIpc) is 2.62. The van der Waals surface area contributed by atoms with Crippen molar-refractivity contribution in [2.75, 3.05) is 24.3 Å². The number of carbonyl (C=O) groups excluding carboxylic acids is 1. The van der Waals surface area contributed by atoms with Crippen LogP contribution in [0.1, 0.15) is 23.7 Å². The van der Waals surface area contributed by atoms with Crippen LogP contribution in [0.3, 0.4) is 0 Å². The van der Waals surface area contributed by atoms with Gasteiger partial charge in [-0.05, 0) is 25.5 Å². The van der Waals surface area contributed by atoms with Gasteiger partial charge in [0.25, 0.3) is 5.91 Å². The Kier molecular flexibility index (Phi) is 3.64. The number of hydrogen-bond donors (Lipinski definition) is 2. The topological polar surface area (TPSA) is 98.5 Å². The summed E-state index contributed by atoms with van der Waals surface area (Å²) >= 11 is 0. The van der Waals surface area contributed by atoms with Gasteiger partial charge in [-0.2, -0.15) is 0 Å². The summed E-state index contributed by atoms with van der Waals surface area (Å²) in [6, 6.07) is 4.76. The van der Waals surface area contributed by atoms with Crippen LogP contribution in [0.4, 0.5) is 5.69 Å². The van der Waals surface area contributed by atoms with Crippen LogP contribution in [0, 0.1) is 0 Å². The molecule has 0 aromatic heterocycles. The molecule has 1 fully saturated rings. The highest BCUT2D eigenvalue weighted by Gasteiger charge is 2.39. The number of ether oxygens (including phenoxy) is 1. The first-order valence-corrected chi connectivity index (χ1v) is 8.03. The number of sulfone groups is 1. The third-order valence-corrected chi connectivity index (χ3v) is 5.33. The van der Waals surface area contributed by atoms with Crippen molar-refractivity contribution in [2.24, 2.45) is 0 Å². The number of nitrogens with one attached hydrogen (secondary N) is 1. The number of hydrogen-bond acceptors (Lipinski definition) is 5. The van der Waals surface area contributed by atoms with E-state index in [-0.39, 0.29) is 17.4 Å². The lowest BCUT2D eigenvalue weighted by atomic mass is 10.0. The van der Waals surface area contributed by atoms with Gasteiger partial charge in [-0.15, -0.1) is 0 Å². The van der Waals surface area contributed by atoms with E-state index >= 15 is 0 Å². The van der Waals surface area contributed by atoms with Crippen LogP contribution in [-0.4, -0.2) is 38.5 Å². The zero-order valence-electron chi connectivity index (χ0n) is 11.5. The summed E-state index contributed by atoms with van der Waals surface area (Å²) in [4.78, 5) is 12.2. The number of anilines is 1. The molecule has 0 saturated carbocycles. The van der Waals surface area contributed by atoms with Crippen molar-refractivity contribution in [1.29, 1.82) is 0 Å². The van der Waals surface area contributed by atoms with Crippen LogP contribution in [0.5, 0.6) is 5.75 Å². The molecule has 1 aromatic rings. The fourth-order valence-electron chi connectivity index (χ4n) is 2.33. The van der Waals surface area contributed by atoms with Gasteiger partial charge in [0.05, 0.1) is 29.7 Å². The molecule has 1 atom stereocenters. The largest absolute Gasteiger partial charge is 0.497 e. The number of nitrogens with two attached hydrogens (primary N) is 1. The van der Waals surface area contributed by atoms with Gasteiger partial charge >= 0.3 is 0 Å². The Labute approximate surface area is 118 Å². The van der Waals surface area contributed by atoms with Crippen molar-refractivity contribution >= 4 is 21.4 Å². The van der Waals surface area contributed by atoms with Gasteiger partial charge in [0.1, 0.15) is 5.75 Å². The van der Waals surface area contributed by atoms with E-state index in [0.717, 1.165) is 0 Å². The Morgan fingerprint density at radius 3 is 2.65 bits per heavy atom. The van der Waals surface area contributed by atoms with Gasteiger partial charge in [0, 0.05) is 11.8 Å². The Hall–Kier alpha value is -1.76. The van der Waals surface area contributed by atoms with Crippen molar-refractivity contribution in [3.05, 3.63) is 23.8 Å². The van der Waals surface area contributed by atoms with E-state index in [1.807, 2.05) is 0 Å². The molecule has 110 valence electrons. The van der Waals surface area contributed by atoms with Crippen LogP contribution < -0.4 is 15.8 Å². The summed E-state index contributed by atoms with van der Waals surface area (Å²) in [5, 5.41) is 2.77. The molecule has 3 N–H and O–H groups in total. The molecule has 1 unspecified atom stereocenters. The van der Waals surface area contributed by atoms with Gasteiger partial charge in [-0.1, -0.05) is 0 Å². The van der Waals surface area contributed by atoms with Crippen LogP contribution >= 0.6 is 0 Å². The zero-order chi connectivity index (χ0) is 15.0. The molecule has 1 aromatic carbocycles. The number of methoxy groups -OCH3 is 1. The Balaban J connectivity index is 2.17. The van der Waals surface area contributed by atoms with Crippen molar-refractivity contribution in [2.45, 2.75) is 18.9 Å². The van der Waals surface area contributed by atoms with E-state index in [4.69, 9.17) is 10.5 Å². The molecule has 1 amide bonds. The highest BCUT2D eigenvalue weighted by molar-refractivity contribution is 7.91. The lowest BCUT2D eigenvalue weighted by Crippen LogP contribution is -2.47. The molecule has 1 aliphatic rings. The maximum absolute atomic E-state index is 12.2. The molecule has 20 heavy (non-hydrogen) atoms. The van der Waals surface area contributed by atoms with Gasteiger partial charge < -0.3 is 15.8 Å². The summed E-state index contributed by atoms with van der Waals surface area (Å²) in [5.74, 6) is 0.252. The Morgan fingerprint density at radius 1 is 1.45 bits per heavy atom. The molecule has 0 radical (unpaired) electrons. The van der Waals surface area contributed by atoms with Gasteiger partial charge in [-0.25, -0.2) is 8.42 Å². The fraction of sp³-hybridized carbons (Fsp3) is 0.462. The lowest BCUT2D eigenvalue weighted by Gasteiger charge is -2.24. The van der Waals surface area contributed by atoms with Crippen LogP contribution in [-0.2, 0) is 9.84 Å². The molecule has 1 saturated heterocycles. The molecule has 1 aliphatic heterocycles. The van der Waals surface area contributed by atoms with Crippen LogP contribution in [0.25, 0.3) is 0 Å². The van der Waals surface area contributed by atoms with Crippen molar-refractivity contribution in [3.8, 4) is 5.75 Å². The van der Waals surface area contributed by atoms with Gasteiger partial charge in [0.15, 0.2) is 9.84 Å². The average molecular weight is 298 g/mol. The number of rotatable bonds is 3. The lowest BCUT2D eigenvalue weighted by molar-refractivity contribution is 0.0916. The summed E-state index contributed by atoms with van der Waals surface area (Å²) in [5.41, 5.74) is 5.69. The maximum atomic E-state index is 12.2. The normalized spacial score (nSPS) is 24.3. The van der Waals surface area contributed by atoms with E-state index in [0.29, 0.717) is 23.4 Å². The predicted octanol–water partition coefficient (Wildman–Crippen LogP) is 0.584. The zero-order valence-corrected chi connectivity index (χ0v) is 12.3. The predicted molar refractivity (Wildman–Crippen MR) is 76.5 cm³/mol. The second-order valence-corrected chi connectivity index (χ2v) is 7.49. The molecule has 0 bridgehead atoms. The second kappa shape index (κ2) is 4.97. The fourth-order valence-corrected chi connectivity index (χ4v) is 4.42. The van der Waals surface area contributed by atoms with E-state index in [9.17, 15) is 13.2 Å². The van der Waals surface area contributed by atoms with Gasteiger partial charge in [0.2, 0.25) is 0 Å². The maximum Gasteiger partial charge on any atom is 0.253 e. The molecular formula is C13H18N2O4S. The standard InChI is InChI=1S/C13H18N2O4S/c1-13(5-6-20(17,18)8-13)15-12(16)10-4-3-9(19-2)7-11(10)14/h3-4,7H,5-6,8,14H2,1-2H3,(H,15,16). The minimum Gasteiger partial charge on any atom is -0.497 e. The van der Waals surface area contributed by atoms with E-state index in [2.05, 4.69) is 5.32 Å². The quantitative estimate of drug-likeness (QED) is 0.796. The third kappa shape index (κ3) is 3.04. The smallest absolute Gasteiger partial charge is 0.253 e. The van der Waals surface area contributed by atoms with Crippen LogP contribution in [0.2, 0.25) is 0 Å². The third-order valence-electron chi connectivity index (χ3n) is 3.42. The summed E-state index contributed by atoms with van der Waals surface area (Å²) in [7, 11) is -1.56. The second-order valence-electron chi connectivity index (χ2n) is 5.31. The van der Waals surface area contributed by atoms with Crippen molar-refractivity contribution in [1.82, 2.24) is 5.32 Å². The molecule has 2 rings (SSSR count). The first-order valence-electron chi connectivity index (χ1n) is 6.21. The van der Waals surface area contributed by atoms with Gasteiger partial charge in [-0.3, -0.25) is 4.79 Å². The van der Waals surface area contributed by atoms with Crippen LogP contribution in [0.15, 0.2) is 18.2 Å². The first-order chi connectivity index (χ1) is 9.25. The Bertz CT molecular complexity index is 642. The Morgan fingerprint density at radius 2 is 2.15 bits per heavy atom. The SMILES string of the molecule is COc1ccc(C(=O)NC2(C)CCS(=O)(=O)C2)c(N)c1. The summed E-state index contributed by atoms with van der Waals surface area (Å²) in [6.07, 6.45) is 0.414.